The molecule has 3 heterocycles. The molecule has 5 atom stereocenters. The molecule has 1 aliphatic heterocycles. The molecule has 3 rings (SSSR count). The molecule has 2 aromatic heterocycles. The molecule has 1 saturated heterocycles. The van der Waals surface area contributed by atoms with Gasteiger partial charge in [-0.1, -0.05) is 54.2 Å². The maximum absolute atomic E-state index is 12.7. The first-order chi connectivity index (χ1) is 19.3. The van der Waals surface area contributed by atoms with Crippen LogP contribution < -0.4 is 17.0 Å². The topological polar surface area (TPSA) is 281 Å². The number of H-pyrrole nitrogens is 1. The third-order valence-corrected chi connectivity index (χ3v) is 11.8. The van der Waals surface area contributed by atoms with Crippen LogP contribution in [-0.4, -0.2) is 70.2 Å². The lowest BCUT2D eigenvalue weighted by atomic mass is 10.2. The van der Waals surface area contributed by atoms with Crippen molar-refractivity contribution < 1.29 is 55.9 Å². The molecule has 0 aliphatic carbocycles. The molecule has 18 nitrogen and oxygen atoms in total. The van der Waals surface area contributed by atoms with Crippen LogP contribution in [0.1, 0.15) is 39.0 Å². The lowest BCUT2D eigenvalue weighted by Crippen LogP contribution is -2.29. The molecule has 0 bridgehead atoms. The van der Waals surface area contributed by atoms with Crippen molar-refractivity contribution in [3.05, 3.63) is 22.1 Å². The zero-order valence-electron chi connectivity index (χ0n) is 22.3. The number of aromatic nitrogens is 3. The van der Waals surface area contributed by atoms with Gasteiger partial charge in [-0.05, 0) is 0 Å². The van der Waals surface area contributed by atoms with Gasteiger partial charge >= 0.3 is 23.5 Å². The normalized spacial score (nSPS) is 22.4. The van der Waals surface area contributed by atoms with E-state index in [0.29, 0.717) is 5.56 Å². The molecular formula is C19H30N5O13P3S2. The lowest BCUT2D eigenvalue weighted by molar-refractivity contribution is -0.0520. The minimum Gasteiger partial charge on any atom is -0.369 e. The van der Waals surface area contributed by atoms with Crippen molar-refractivity contribution in [3.8, 4) is 11.8 Å². The van der Waals surface area contributed by atoms with Crippen molar-refractivity contribution in [3.63, 3.8) is 0 Å². The fraction of sp³-hybridized carbons (Fsp3) is 0.579. The Kier molecular flexibility index (Phi) is 11.6. The molecule has 42 heavy (non-hydrogen) atoms. The van der Waals surface area contributed by atoms with Gasteiger partial charge in [0, 0.05) is 17.4 Å². The summed E-state index contributed by atoms with van der Waals surface area (Å²) in [5.74, 6) is 5.45. The van der Waals surface area contributed by atoms with Gasteiger partial charge in [-0.2, -0.15) is 13.6 Å². The Morgan fingerprint density at radius 3 is 2.52 bits per heavy atom. The summed E-state index contributed by atoms with van der Waals surface area (Å²) in [6, 6.07) is 0. The number of nitrogens with zero attached hydrogens (tertiary/aromatic N) is 2. The predicted octanol–water partition coefficient (Wildman–Crippen LogP) is 1.77. The number of nitrogens with two attached hydrogens (primary N) is 2. The molecule has 2 aromatic rings. The lowest BCUT2D eigenvalue weighted by Gasteiger charge is -2.22. The Balaban J connectivity index is 1.86. The zero-order chi connectivity index (χ0) is 31.5. The monoisotopic (exact) mass is 693 g/mol. The summed E-state index contributed by atoms with van der Waals surface area (Å²) in [6.45, 7) is 5.31. The number of rotatable bonds is 12. The van der Waals surface area contributed by atoms with Crippen LogP contribution >= 0.6 is 45.1 Å². The van der Waals surface area contributed by atoms with Gasteiger partial charge in [-0.3, -0.25) is 14.3 Å². The third-order valence-electron chi connectivity index (χ3n) is 4.97. The minimum absolute atomic E-state index is 0.0235. The standard InChI is InChI=1S/C19H30N5O13P3S2/c1-19(2,3)42-41-10-33-12-7-14(24-8-11(5-4-6-20)15-16(24)22-18(21)23-17(15)25)35-13(12)9-34-39(29,30)37-40(31,32)36-38(26,27)28/h8,12-14H,6-7,9-10,20H2,1-3H3,(H,29,30)(H,31,32)(H2,26,27,28)(H3,21,22,23,25)/t12?,13-,14-/m1/s1. The minimum atomic E-state index is -5.71. The van der Waals surface area contributed by atoms with E-state index < -0.39 is 54.1 Å². The number of hydrogen-bond acceptors (Lipinski definition) is 14. The van der Waals surface area contributed by atoms with E-state index in [1.54, 1.807) is 10.8 Å². The third kappa shape index (κ3) is 10.4. The number of nitrogen functional groups attached to an aromatic ring is 1. The largest absolute Gasteiger partial charge is 0.490 e. The van der Waals surface area contributed by atoms with E-state index in [9.17, 15) is 28.3 Å². The summed E-state index contributed by atoms with van der Waals surface area (Å²) in [6.07, 6.45) is -1.13. The van der Waals surface area contributed by atoms with Gasteiger partial charge in [0.25, 0.3) is 5.56 Å². The van der Waals surface area contributed by atoms with Crippen molar-refractivity contribution in [2.45, 2.75) is 50.4 Å². The second-order valence-electron chi connectivity index (χ2n) is 9.49. The molecule has 236 valence electrons. The van der Waals surface area contributed by atoms with Crippen LogP contribution in [0.15, 0.2) is 11.0 Å². The summed E-state index contributed by atoms with van der Waals surface area (Å²) >= 11 is 0. The first-order valence-electron chi connectivity index (χ1n) is 11.7. The number of aromatic amines is 1. The molecule has 0 aromatic carbocycles. The first kappa shape index (κ1) is 35.3. The van der Waals surface area contributed by atoms with Crippen molar-refractivity contribution in [1.29, 1.82) is 0 Å². The van der Waals surface area contributed by atoms with Crippen molar-refractivity contribution >= 4 is 62.0 Å². The zero-order valence-corrected chi connectivity index (χ0v) is 26.6. The van der Waals surface area contributed by atoms with Crippen LogP contribution in [0.5, 0.6) is 0 Å². The Bertz CT molecular complexity index is 1550. The molecule has 0 saturated carbocycles. The maximum Gasteiger partial charge on any atom is 0.490 e. The molecule has 0 amide bonds. The molecule has 1 fully saturated rings. The summed E-state index contributed by atoms with van der Waals surface area (Å²) in [5.41, 5.74) is 11.1. The van der Waals surface area contributed by atoms with Gasteiger partial charge in [-0.15, -0.1) is 0 Å². The van der Waals surface area contributed by atoms with Gasteiger partial charge in [0.05, 0.1) is 30.2 Å². The van der Waals surface area contributed by atoms with Crippen molar-refractivity contribution in [2.24, 2.45) is 5.73 Å². The van der Waals surface area contributed by atoms with Gasteiger partial charge in [-0.25, -0.2) is 13.7 Å². The Morgan fingerprint density at radius 1 is 1.21 bits per heavy atom. The number of nitrogens with one attached hydrogen (secondary N) is 1. The van der Waals surface area contributed by atoms with Crippen LogP contribution in [0.25, 0.3) is 11.0 Å². The fourth-order valence-corrected chi connectivity index (χ4v) is 8.65. The Hall–Kier alpha value is -1.23. The highest BCUT2D eigenvalue weighted by Gasteiger charge is 2.43. The molecule has 1 aliphatic rings. The molecule has 9 N–H and O–H groups in total. The van der Waals surface area contributed by atoms with E-state index in [2.05, 4.69) is 30.4 Å². The number of anilines is 1. The van der Waals surface area contributed by atoms with E-state index in [1.807, 2.05) is 20.8 Å². The summed E-state index contributed by atoms with van der Waals surface area (Å²) in [5, 5.41) is 0.125. The molecule has 0 radical (unpaired) electrons. The van der Waals surface area contributed by atoms with E-state index in [4.69, 9.17) is 35.3 Å². The smallest absolute Gasteiger partial charge is 0.369 e. The fourth-order valence-electron chi connectivity index (χ4n) is 3.62. The number of phosphoric ester groups is 1. The number of hydrogen-bond donors (Lipinski definition) is 7. The van der Waals surface area contributed by atoms with Crippen molar-refractivity contribution in [2.75, 3.05) is 24.8 Å². The number of phosphoric acid groups is 3. The molecule has 0 spiro atoms. The van der Waals surface area contributed by atoms with Gasteiger partial charge < -0.3 is 45.1 Å². The second kappa shape index (κ2) is 13.8. The summed E-state index contributed by atoms with van der Waals surface area (Å²) < 4.78 is 60.5. The predicted molar refractivity (Wildman–Crippen MR) is 154 cm³/mol. The molecular weight excluding hydrogens is 663 g/mol. The first-order valence-corrected chi connectivity index (χ1v) is 18.6. The number of fused-ring (bicyclic) bond motifs is 1. The SMILES string of the molecule is CC(C)(C)SSCOC1C[C@H](n2cc(C#CCN)c3c(=O)[nH]c(N)nc32)O[C@@H]1COP(=O)(O)OP(=O)(O)OP(=O)(O)O. The highest BCUT2D eigenvalue weighted by Crippen LogP contribution is 2.66. The van der Waals surface area contributed by atoms with E-state index >= 15 is 0 Å². The van der Waals surface area contributed by atoms with Gasteiger partial charge in [0.1, 0.15) is 18.3 Å². The maximum atomic E-state index is 12.7. The van der Waals surface area contributed by atoms with Crippen LogP contribution in [0.4, 0.5) is 5.95 Å². The van der Waals surface area contributed by atoms with Crippen molar-refractivity contribution in [1.82, 2.24) is 14.5 Å². The van der Waals surface area contributed by atoms with E-state index in [0.717, 1.165) is 0 Å². The molecule has 3 unspecified atom stereocenters. The Morgan fingerprint density at radius 2 is 1.90 bits per heavy atom. The molecule has 23 heteroatoms. The summed E-state index contributed by atoms with van der Waals surface area (Å²) in [4.78, 5) is 56.0. The summed E-state index contributed by atoms with van der Waals surface area (Å²) in [7, 11) is -13.7. The second-order valence-corrected chi connectivity index (χ2v) is 17.0. The quantitative estimate of drug-likeness (QED) is 0.0548. The Labute approximate surface area is 247 Å². The average molecular weight is 694 g/mol. The number of ether oxygens (including phenoxy) is 2. The van der Waals surface area contributed by atoms with Crippen LogP contribution in [0.2, 0.25) is 0 Å². The highest BCUT2D eigenvalue weighted by atomic mass is 33.1. The van der Waals surface area contributed by atoms with Crippen LogP contribution in [0.3, 0.4) is 0 Å². The van der Waals surface area contributed by atoms with Gasteiger partial charge in [0.15, 0.2) is 5.65 Å². The van der Waals surface area contributed by atoms with E-state index in [-0.39, 0.29) is 40.6 Å². The highest BCUT2D eigenvalue weighted by molar-refractivity contribution is 8.77. The van der Waals surface area contributed by atoms with Gasteiger partial charge in [0.2, 0.25) is 5.95 Å². The van der Waals surface area contributed by atoms with Crippen LogP contribution in [-0.2, 0) is 36.3 Å². The van der Waals surface area contributed by atoms with Crippen LogP contribution in [0, 0.1) is 11.8 Å². The van der Waals surface area contributed by atoms with E-state index in [1.165, 1.54) is 21.6 Å². The average Bonchev–Trinajstić information content (AvgIpc) is 3.37.